The van der Waals surface area contributed by atoms with Crippen LogP contribution < -0.4 is 0 Å². The number of ether oxygens (including phenoxy) is 2. The molecule has 28 heavy (non-hydrogen) atoms. The van der Waals surface area contributed by atoms with Gasteiger partial charge in [-0.25, -0.2) is 0 Å². The van der Waals surface area contributed by atoms with Crippen molar-refractivity contribution in [3.05, 3.63) is 12.2 Å². The molecule has 5 nitrogen and oxygen atoms in total. The Balaban J connectivity index is 1.77. The third-order valence-corrected chi connectivity index (χ3v) is 5.42. The second kappa shape index (κ2) is 17.4. The lowest BCUT2D eigenvalue weighted by Crippen LogP contribution is -2.40. The zero-order chi connectivity index (χ0) is 20.5. The minimum absolute atomic E-state index is 0.0690. The van der Waals surface area contributed by atoms with E-state index >= 15 is 0 Å². The molecule has 0 saturated carbocycles. The van der Waals surface area contributed by atoms with Crippen LogP contribution in [0.15, 0.2) is 12.2 Å². The van der Waals surface area contributed by atoms with Gasteiger partial charge in [-0.3, -0.25) is 0 Å². The smallest absolute Gasteiger partial charge is 0.114 e. The predicted octanol–water partition coefficient (Wildman–Crippen LogP) is 4.13. The summed E-state index contributed by atoms with van der Waals surface area (Å²) in [6.07, 6.45) is 17.6. The number of aliphatic hydroxyl groups excluding tert-OH is 3. The molecule has 0 spiro atoms. The molecule has 1 heterocycles. The molecule has 0 aromatic heterocycles. The van der Waals surface area contributed by atoms with Crippen molar-refractivity contribution in [3.63, 3.8) is 0 Å². The summed E-state index contributed by atoms with van der Waals surface area (Å²) in [5.74, 6) is 0. The van der Waals surface area contributed by atoms with Crippen molar-refractivity contribution >= 4 is 0 Å². The molecule has 0 unspecified atom stereocenters. The molecule has 166 valence electrons. The standard InChI is InChI=1S/C23H44O5/c1-2-3-4-5-6-7-8-9-10-11-12-13-14-15-16-17-27-18-21(25)23-22(26)20(24)19-28-23/h3-4,20-26H,2,5-19H2,1H3/b4-3+/t20-,21+,22-,23-/m1/s1. The van der Waals surface area contributed by atoms with Crippen molar-refractivity contribution in [1.29, 1.82) is 0 Å². The Bertz CT molecular complexity index is 374. The van der Waals surface area contributed by atoms with Gasteiger partial charge >= 0.3 is 0 Å². The van der Waals surface area contributed by atoms with Gasteiger partial charge in [0.15, 0.2) is 0 Å². The minimum atomic E-state index is -1.03. The molecule has 0 aromatic carbocycles. The third kappa shape index (κ3) is 12.2. The van der Waals surface area contributed by atoms with E-state index in [0.29, 0.717) is 6.61 Å². The average Bonchev–Trinajstić information content (AvgIpc) is 3.03. The summed E-state index contributed by atoms with van der Waals surface area (Å²) in [4.78, 5) is 0. The Morgan fingerprint density at radius 3 is 2.00 bits per heavy atom. The number of allylic oxidation sites excluding steroid dienone is 2. The normalized spacial score (nSPS) is 23.6. The van der Waals surface area contributed by atoms with Crippen LogP contribution >= 0.6 is 0 Å². The van der Waals surface area contributed by atoms with Crippen LogP contribution in [-0.2, 0) is 9.47 Å². The van der Waals surface area contributed by atoms with Crippen LogP contribution in [0.1, 0.15) is 90.4 Å². The van der Waals surface area contributed by atoms with Crippen LogP contribution in [0.25, 0.3) is 0 Å². The van der Waals surface area contributed by atoms with Gasteiger partial charge in [0.2, 0.25) is 0 Å². The summed E-state index contributed by atoms with van der Waals surface area (Å²) < 4.78 is 10.7. The molecule has 3 N–H and O–H groups in total. The molecular weight excluding hydrogens is 356 g/mol. The summed E-state index contributed by atoms with van der Waals surface area (Å²) in [5.41, 5.74) is 0. The first-order valence-corrected chi connectivity index (χ1v) is 11.5. The highest BCUT2D eigenvalue weighted by Gasteiger charge is 2.39. The van der Waals surface area contributed by atoms with Gasteiger partial charge in [0.05, 0.1) is 13.2 Å². The molecule has 0 aliphatic carbocycles. The fourth-order valence-corrected chi connectivity index (χ4v) is 3.61. The van der Waals surface area contributed by atoms with Crippen LogP contribution in [0.3, 0.4) is 0 Å². The fourth-order valence-electron chi connectivity index (χ4n) is 3.61. The van der Waals surface area contributed by atoms with Crippen molar-refractivity contribution in [2.24, 2.45) is 0 Å². The highest BCUT2D eigenvalue weighted by Crippen LogP contribution is 2.18. The Kier molecular flexibility index (Phi) is 15.9. The van der Waals surface area contributed by atoms with E-state index in [1.54, 1.807) is 0 Å². The van der Waals surface area contributed by atoms with Gasteiger partial charge in [0.1, 0.15) is 24.4 Å². The Morgan fingerprint density at radius 1 is 0.893 bits per heavy atom. The molecule has 5 heteroatoms. The second-order valence-electron chi connectivity index (χ2n) is 8.06. The Labute approximate surface area is 172 Å². The van der Waals surface area contributed by atoms with Crippen molar-refractivity contribution in [2.45, 2.75) is 115 Å². The lowest BCUT2D eigenvalue weighted by Gasteiger charge is -2.20. The lowest BCUT2D eigenvalue weighted by atomic mass is 10.1. The first-order valence-electron chi connectivity index (χ1n) is 11.5. The van der Waals surface area contributed by atoms with E-state index in [2.05, 4.69) is 19.1 Å². The molecule has 4 atom stereocenters. The van der Waals surface area contributed by atoms with E-state index in [1.165, 1.54) is 64.2 Å². The maximum absolute atomic E-state index is 9.94. The summed E-state index contributed by atoms with van der Waals surface area (Å²) >= 11 is 0. The van der Waals surface area contributed by atoms with E-state index in [4.69, 9.17) is 9.47 Å². The van der Waals surface area contributed by atoms with Gasteiger partial charge in [0, 0.05) is 6.61 Å². The van der Waals surface area contributed by atoms with E-state index < -0.39 is 24.4 Å². The number of hydrogen-bond acceptors (Lipinski definition) is 5. The van der Waals surface area contributed by atoms with Gasteiger partial charge in [-0.1, -0.05) is 76.9 Å². The number of unbranched alkanes of at least 4 members (excludes halogenated alkanes) is 11. The Morgan fingerprint density at radius 2 is 1.46 bits per heavy atom. The topological polar surface area (TPSA) is 79.2 Å². The van der Waals surface area contributed by atoms with Gasteiger partial charge in [-0.2, -0.15) is 0 Å². The van der Waals surface area contributed by atoms with E-state index in [0.717, 1.165) is 19.3 Å². The van der Waals surface area contributed by atoms with Crippen molar-refractivity contribution in [2.75, 3.05) is 19.8 Å². The summed E-state index contributed by atoms with van der Waals surface area (Å²) in [6, 6.07) is 0. The lowest BCUT2D eigenvalue weighted by molar-refractivity contribution is -0.0813. The first kappa shape index (κ1) is 25.6. The van der Waals surface area contributed by atoms with Crippen molar-refractivity contribution in [3.8, 4) is 0 Å². The van der Waals surface area contributed by atoms with E-state index in [-0.39, 0.29) is 13.2 Å². The second-order valence-corrected chi connectivity index (χ2v) is 8.06. The third-order valence-electron chi connectivity index (χ3n) is 5.42. The zero-order valence-electron chi connectivity index (χ0n) is 17.9. The molecule has 0 bridgehead atoms. The Hall–Kier alpha value is -0.460. The van der Waals surface area contributed by atoms with E-state index in [1.807, 2.05) is 0 Å². The zero-order valence-corrected chi connectivity index (χ0v) is 17.9. The summed E-state index contributed by atoms with van der Waals surface area (Å²) in [7, 11) is 0. The number of aliphatic hydroxyl groups is 3. The summed E-state index contributed by atoms with van der Waals surface area (Å²) in [5, 5.41) is 29.0. The highest BCUT2D eigenvalue weighted by atomic mass is 16.5. The first-order chi connectivity index (χ1) is 13.7. The van der Waals surface area contributed by atoms with Gasteiger partial charge in [-0.15, -0.1) is 0 Å². The van der Waals surface area contributed by atoms with Crippen LogP contribution in [0.5, 0.6) is 0 Å². The molecule has 0 aromatic rings. The fraction of sp³-hybridized carbons (Fsp3) is 0.913. The molecule has 1 saturated heterocycles. The molecule has 1 aliphatic heterocycles. The molecule has 0 amide bonds. The molecule has 1 fully saturated rings. The van der Waals surface area contributed by atoms with Crippen molar-refractivity contribution in [1.82, 2.24) is 0 Å². The molecular formula is C23H44O5. The van der Waals surface area contributed by atoms with Gasteiger partial charge in [-0.05, 0) is 25.7 Å². The van der Waals surface area contributed by atoms with Crippen LogP contribution in [0, 0.1) is 0 Å². The molecule has 1 aliphatic rings. The largest absolute Gasteiger partial charge is 0.388 e. The quantitative estimate of drug-likeness (QED) is 0.238. The number of hydrogen-bond donors (Lipinski definition) is 3. The van der Waals surface area contributed by atoms with Crippen LogP contribution in [0.2, 0.25) is 0 Å². The molecule has 1 rings (SSSR count). The SMILES string of the molecule is CC/C=C/CCCCCCCCCCCCCOC[C@H](O)[C@H]1OC[C@@H](O)[C@H]1O. The van der Waals surface area contributed by atoms with Crippen LogP contribution in [-0.4, -0.2) is 59.6 Å². The molecule has 0 radical (unpaired) electrons. The van der Waals surface area contributed by atoms with Gasteiger partial charge < -0.3 is 24.8 Å². The monoisotopic (exact) mass is 400 g/mol. The van der Waals surface area contributed by atoms with Crippen LogP contribution in [0.4, 0.5) is 0 Å². The van der Waals surface area contributed by atoms with E-state index in [9.17, 15) is 15.3 Å². The average molecular weight is 401 g/mol. The van der Waals surface area contributed by atoms with Crippen molar-refractivity contribution < 1.29 is 24.8 Å². The maximum atomic E-state index is 9.94. The van der Waals surface area contributed by atoms with Gasteiger partial charge in [0.25, 0.3) is 0 Å². The number of rotatable bonds is 18. The summed E-state index contributed by atoms with van der Waals surface area (Å²) in [6.45, 7) is 3.02. The highest BCUT2D eigenvalue weighted by molar-refractivity contribution is 4.87. The maximum Gasteiger partial charge on any atom is 0.114 e. The predicted molar refractivity (Wildman–Crippen MR) is 113 cm³/mol. The minimum Gasteiger partial charge on any atom is -0.388 e.